The summed E-state index contributed by atoms with van der Waals surface area (Å²) < 4.78 is 19.8. The van der Waals surface area contributed by atoms with Gasteiger partial charge in [-0.15, -0.1) is 0 Å². The fourth-order valence-electron chi connectivity index (χ4n) is 14.2. The zero-order valence-electron chi connectivity index (χ0n) is 31.0. The van der Waals surface area contributed by atoms with Crippen molar-refractivity contribution in [3.63, 3.8) is 0 Å². The molecule has 2 heterocycles. The molecule has 8 fully saturated rings. The predicted octanol–water partition coefficient (Wildman–Crippen LogP) is 5.22. The molecular formula is C40H62N2O7. The molecule has 0 bridgehead atoms. The van der Waals surface area contributed by atoms with Crippen LogP contribution in [-0.2, 0) is 28.6 Å². The molecule has 1 N–H and O–H groups in total. The van der Waals surface area contributed by atoms with Crippen molar-refractivity contribution in [1.29, 1.82) is 0 Å². The van der Waals surface area contributed by atoms with Crippen LogP contribution in [0.25, 0.3) is 0 Å². The molecule has 0 aromatic heterocycles. The van der Waals surface area contributed by atoms with Gasteiger partial charge in [-0.1, -0.05) is 34.6 Å². The second kappa shape index (κ2) is 11.7. The van der Waals surface area contributed by atoms with Gasteiger partial charge in [0.25, 0.3) is 0 Å². The Morgan fingerprint density at radius 2 is 1.76 bits per heavy atom. The number of carbonyl (C=O) groups is 3. The monoisotopic (exact) mass is 682 g/mol. The summed E-state index contributed by atoms with van der Waals surface area (Å²) in [4.78, 5) is 40.0. The quantitative estimate of drug-likeness (QED) is 0.350. The summed E-state index contributed by atoms with van der Waals surface area (Å²) in [6.45, 7) is 15.9. The van der Waals surface area contributed by atoms with Crippen molar-refractivity contribution in [3.05, 3.63) is 0 Å². The highest BCUT2D eigenvalue weighted by atomic mass is 16.7. The minimum absolute atomic E-state index is 0.00470. The number of hydrogen-bond donors (Lipinski definition) is 1. The molecule has 13 atom stereocenters. The maximum Gasteiger partial charge on any atom is 0.223 e. The van der Waals surface area contributed by atoms with Gasteiger partial charge in [-0.05, 0) is 115 Å². The van der Waals surface area contributed by atoms with Crippen LogP contribution in [0.15, 0.2) is 0 Å². The average Bonchev–Trinajstić information content (AvgIpc) is 3.97. The van der Waals surface area contributed by atoms with Crippen molar-refractivity contribution < 1.29 is 33.7 Å². The van der Waals surface area contributed by atoms with Gasteiger partial charge >= 0.3 is 0 Å². The summed E-state index contributed by atoms with van der Waals surface area (Å²) in [6, 6.07) is 0. The van der Waals surface area contributed by atoms with Crippen LogP contribution >= 0.6 is 0 Å². The number of morpholine rings is 1. The van der Waals surface area contributed by atoms with Crippen LogP contribution in [-0.4, -0.2) is 96.5 Å². The lowest BCUT2D eigenvalue weighted by Crippen LogP contribution is -2.60. The molecule has 0 aromatic carbocycles. The second-order valence-electron chi connectivity index (χ2n) is 19.1. The van der Waals surface area contributed by atoms with Crippen LogP contribution < -0.4 is 0 Å². The van der Waals surface area contributed by atoms with E-state index in [1.54, 1.807) is 4.90 Å². The van der Waals surface area contributed by atoms with Gasteiger partial charge in [-0.3, -0.25) is 9.59 Å². The van der Waals surface area contributed by atoms with E-state index in [-0.39, 0.29) is 70.5 Å². The lowest BCUT2D eigenvalue weighted by Gasteiger charge is -2.64. The molecule has 9 nitrogen and oxygen atoms in total. The third kappa shape index (κ3) is 4.93. The van der Waals surface area contributed by atoms with Crippen molar-refractivity contribution in [1.82, 2.24) is 9.80 Å². The van der Waals surface area contributed by atoms with E-state index in [0.717, 1.165) is 38.4 Å². The number of hydrogen-bond acceptors (Lipinski definition) is 7. The molecule has 274 valence electrons. The Balaban J connectivity index is 0.990. The third-order valence-electron chi connectivity index (χ3n) is 16.8. The van der Waals surface area contributed by atoms with Gasteiger partial charge in [0.15, 0.2) is 6.29 Å². The maximum atomic E-state index is 12.9. The fourth-order valence-corrected chi connectivity index (χ4v) is 14.2. The molecule has 8 aliphatic rings. The van der Waals surface area contributed by atoms with Gasteiger partial charge in [0.05, 0.1) is 44.1 Å². The van der Waals surface area contributed by atoms with E-state index >= 15 is 0 Å². The number of amides is 2. The van der Waals surface area contributed by atoms with E-state index < -0.39 is 6.10 Å². The SMILES string of the molecule is CC(=O)N(CC=O)CC1C[C@@H](C)[C@H]2C(O1)[C@H](O)[C@@]1(C)C3CC[C@H]4C(C)(C)C(O[C@H]5CN(C(=O)CC6CC6)CCO5)CCC45CC35CCC21C. The Morgan fingerprint density at radius 3 is 2.47 bits per heavy atom. The molecule has 0 aromatic rings. The summed E-state index contributed by atoms with van der Waals surface area (Å²) in [7, 11) is 0. The molecule has 2 spiro atoms. The Kier molecular flexibility index (Phi) is 8.27. The van der Waals surface area contributed by atoms with Gasteiger partial charge in [-0.25, -0.2) is 0 Å². The number of aldehydes is 1. The van der Waals surface area contributed by atoms with Crippen molar-refractivity contribution in [2.45, 2.75) is 143 Å². The van der Waals surface area contributed by atoms with Gasteiger partial charge in [0.2, 0.25) is 11.8 Å². The van der Waals surface area contributed by atoms with Crippen LogP contribution in [0, 0.1) is 56.7 Å². The molecule has 8 rings (SSSR count). The molecule has 6 saturated carbocycles. The molecule has 2 saturated heterocycles. The predicted molar refractivity (Wildman–Crippen MR) is 183 cm³/mol. The van der Waals surface area contributed by atoms with Crippen molar-refractivity contribution >= 4 is 18.1 Å². The van der Waals surface area contributed by atoms with E-state index in [1.807, 2.05) is 4.90 Å². The van der Waals surface area contributed by atoms with E-state index in [2.05, 4.69) is 34.6 Å². The fraction of sp³-hybridized carbons (Fsp3) is 0.925. The number of aliphatic hydroxyl groups is 1. The highest BCUT2D eigenvalue weighted by Gasteiger charge is 2.84. The molecule has 7 unspecified atom stereocenters. The lowest BCUT2D eigenvalue weighted by atomic mass is 9.41. The van der Waals surface area contributed by atoms with Crippen molar-refractivity contribution in [3.8, 4) is 0 Å². The minimum Gasteiger partial charge on any atom is -0.390 e. The molecular weight excluding hydrogens is 620 g/mol. The van der Waals surface area contributed by atoms with Crippen molar-refractivity contribution in [2.24, 2.45) is 56.7 Å². The standard InChI is InChI=1S/C40H62N2O7/c1-24-19-27(21-41(15-17-43)25(2)44)48-34-33(24)37(5)13-14-40-23-39(40)12-11-30(36(3,4)28(39)9-10-29(40)38(37,6)35(34)46)49-32-22-42(16-18-47-32)31(45)20-26-7-8-26/h17,24,26-30,32-35,46H,7-16,18-23H2,1-6H3/t24-,27?,28+,29?,30?,32+,33+,34?,35+,37?,38-,39?,40?/m1/s1. The number of rotatable bonds is 8. The molecule has 0 radical (unpaired) electrons. The van der Waals surface area contributed by atoms with Crippen LogP contribution in [0.2, 0.25) is 0 Å². The first-order chi connectivity index (χ1) is 23.2. The van der Waals surface area contributed by atoms with E-state index in [4.69, 9.17) is 14.2 Å². The second-order valence-corrected chi connectivity index (χ2v) is 19.1. The van der Waals surface area contributed by atoms with Crippen molar-refractivity contribution in [2.75, 3.05) is 32.8 Å². The summed E-state index contributed by atoms with van der Waals surface area (Å²) in [5.74, 6) is 2.39. The van der Waals surface area contributed by atoms with Crippen LogP contribution in [0.3, 0.4) is 0 Å². The molecule has 2 aliphatic heterocycles. The molecule has 9 heteroatoms. The number of fused-ring (bicyclic) bond motifs is 4. The first kappa shape index (κ1) is 34.5. The van der Waals surface area contributed by atoms with E-state index in [1.165, 1.54) is 39.0 Å². The minimum atomic E-state index is -0.553. The summed E-state index contributed by atoms with van der Waals surface area (Å²) in [5, 5.41) is 12.5. The largest absolute Gasteiger partial charge is 0.390 e. The Bertz CT molecular complexity index is 1350. The number of carbonyl (C=O) groups excluding carboxylic acids is 3. The summed E-state index contributed by atoms with van der Waals surface area (Å²) in [6.07, 6.45) is 11.6. The Morgan fingerprint density at radius 1 is 1.02 bits per heavy atom. The van der Waals surface area contributed by atoms with Gasteiger partial charge < -0.3 is 33.9 Å². The highest BCUT2D eigenvalue weighted by molar-refractivity contribution is 5.77. The first-order valence-corrected chi connectivity index (χ1v) is 19.8. The molecule has 6 aliphatic carbocycles. The highest BCUT2D eigenvalue weighted by Crippen LogP contribution is 2.89. The Labute approximate surface area is 293 Å². The van der Waals surface area contributed by atoms with E-state index in [9.17, 15) is 19.5 Å². The number of aliphatic hydroxyl groups excluding tert-OH is 1. The number of ether oxygens (including phenoxy) is 3. The third-order valence-corrected chi connectivity index (χ3v) is 16.8. The first-order valence-electron chi connectivity index (χ1n) is 19.8. The molecule has 49 heavy (non-hydrogen) atoms. The molecule has 2 amide bonds. The van der Waals surface area contributed by atoms with Gasteiger partial charge in [0, 0.05) is 31.8 Å². The van der Waals surface area contributed by atoms with Gasteiger partial charge in [-0.2, -0.15) is 0 Å². The zero-order valence-corrected chi connectivity index (χ0v) is 31.0. The number of nitrogens with zero attached hydrogens (tertiary/aromatic N) is 2. The van der Waals surface area contributed by atoms with Crippen LogP contribution in [0.4, 0.5) is 0 Å². The smallest absolute Gasteiger partial charge is 0.223 e. The van der Waals surface area contributed by atoms with Gasteiger partial charge in [0.1, 0.15) is 6.29 Å². The van der Waals surface area contributed by atoms with Crippen LogP contribution in [0.1, 0.15) is 112 Å². The lowest BCUT2D eigenvalue weighted by molar-refractivity contribution is -0.248. The normalized spacial score (nSPS) is 49.4. The Hall–Kier alpha value is -1.55. The average molecular weight is 683 g/mol. The van der Waals surface area contributed by atoms with E-state index in [0.29, 0.717) is 61.7 Å². The zero-order chi connectivity index (χ0) is 34.7. The maximum absolute atomic E-state index is 12.9. The topological polar surface area (TPSA) is 106 Å². The summed E-state index contributed by atoms with van der Waals surface area (Å²) in [5.41, 5.74) is 0.281. The van der Waals surface area contributed by atoms with Crippen LogP contribution in [0.5, 0.6) is 0 Å². The summed E-state index contributed by atoms with van der Waals surface area (Å²) >= 11 is 0.